The van der Waals surface area contributed by atoms with Crippen LogP contribution in [0.5, 0.6) is 0 Å². The summed E-state index contributed by atoms with van der Waals surface area (Å²) in [6, 6.07) is 7.84. The second-order valence-electron chi connectivity index (χ2n) is 3.66. The lowest BCUT2D eigenvalue weighted by Gasteiger charge is -2.16. The average molecular weight is 246 g/mol. The first-order valence-electron chi connectivity index (χ1n) is 5.23. The van der Waals surface area contributed by atoms with E-state index in [9.17, 15) is 0 Å². The molecule has 0 aliphatic rings. The van der Waals surface area contributed by atoms with Crippen molar-refractivity contribution in [2.75, 3.05) is 12.8 Å². The number of hydrogen-bond donors (Lipinski definition) is 1. The van der Waals surface area contributed by atoms with E-state index in [1.807, 2.05) is 43.7 Å². The fraction of sp³-hybridized carbons (Fsp3) is 0.167. The van der Waals surface area contributed by atoms with Crippen LogP contribution in [0.3, 0.4) is 0 Å². The first-order valence-corrected chi connectivity index (χ1v) is 6.00. The van der Waals surface area contributed by atoms with Gasteiger partial charge in [0.25, 0.3) is 0 Å². The Bertz CT molecular complexity index is 475. The molecule has 0 aliphatic heterocycles. The summed E-state index contributed by atoms with van der Waals surface area (Å²) in [5.41, 5.74) is 7.77. The van der Waals surface area contributed by atoms with E-state index < -0.39 is 0 Å². The second kappa shape index (κ2) is 5.65. The van der Waals surface area contributed by atoms with Crippen LogP contribution in [0.15, 0.2) is 47.9 Å². The molecule has 88 valence electrons. The Labute approximate surface area is 105 Å². The maximum atomic E-state index is 5.89. The highest BCUT2D eigenvalue weighted by molar-refractivity contribution is 7.97. The van der Waals surface area contributed by atoms with Crippen molar-refractivity contribution in [2.24, 2.45) is 0 Å². The van der Waals surface area contributed by atoms with Crippen LogP contribution in [-0.4, -0.2) is 21.3 Å². The van der Waals surface area contributed by atoms with Gasteiger partial charge in [-0.1, -0.05) is 12.1 Å². The van der Waals surface area contributed by atoms with Crippen LogP contribution in [0, 0.1) is 0 Å². The fourth-order valence-corrected chi connectivity index (χ4v) is 2.29. The summed E-state index contributed by atoms with van der Waals surface area (Å²) < 4.78 is 2.10. The van der Waals surface area contributed by atoms with Gasteiger partial charge in [-0.25, -0.2) is 14.3 Å². The third-order valence-corrected chi connectivity index (χ3v) is 3.20. The van der Waals surface area contributed by atoms with Gasteiger partial charge in [0.05, 0.1) is 0 Å². The van der Waals surface area contributed by atoms with Crippen LogP contribution >= 0.6 is 11.9 Å². The molecule has 0 saturated heterocycles. The minimum Gasteiger partial charge on any atom is -0.398 e. The molecule has 0 atom stereocenters. The average Bonchev–Trinajstić information content (AvgIpc) is 2.33. The summed E-state index contributed by atoms with van der Waals surface area (Å²) in [5.74, 6) is 0. The number of anilines is 1. The number of benzene rings is 1. The van der Waals surface area contributed by atoms with Gasteiger partial charge in [0, 0.05) is 35.1 Å². The normalized spacial score (nSPS) is 10.7. The summed E-state index contributed by atoms with van der Waals surface area (Å²) in [6.45, 7) is 0.778. The lowest BCUT2D eigenvalue weighted by atomic mass is 10.3. The molecule has 0 radical (unpaired) electrons. The number of nitrogens with two attached hydrogens (primary N) is 1. The largest absolute Gasteiger partial charge is 0.398 e. The van der Waals surface area contributed by atoms with E-state index in [0.29, 0.717) is 0 Å². The third-order valence-electron chi connectivity index (χ3n) is 2.19. The van der Waals surface area contributed by atoms with Crippen LogP contribution in [0.25, 0.3) is 0 Å². The van der Waals surface area contributed by atoms with Gasteiger partial charge in [-0.2, -0.15) is 0 Å². The summed E-state index contributed by atoms with van der Waals surface area (Å²) >= 11 is 1.62. The molecule has 0 bridgehead atoms. The molecule has 17 heavy (non-hydrogen) atoms. The summed E-state index contributed by atoms with van der Waals surface area (Å²) in [4.78, 5) is 9.04. The molecule has 0 unspecified atom stereocenters. The highest BCUT2D eigenvalue weighted by Crippen LogP contribution is 2.27. The van der Waals surface area contributed by atoms with Gasteiger partial charge in [0.1, 0.15) is 6.33 Å². The molecule has 0 saturated carbocycles. The van der Waals surface area contributed by atoms with Gasteiger partial charge >= 0.3 is 0 Å². The van der Waals surface area contributed by atoms with Crippen molar-refractivity contribution in [1.29, 1.82) is 0 Å². The van der Waals surface area contributed by atoms with Crippen molar-refractivity contribution < 1.29 is 0 Å². The van der Waals surface area contributed by atoms with Crippen molar-refractivity contribution >= 4 is 17.6 Å². The highest BCUT2D eigenvalue weighted by atomic mass is 32.2. The van der Waals surface area contributed by atoms with Crippen molar-refractivity contribution in [3.05, 3.63) is 48.5 Å². The predicted octanol–water partition coefficient (Wildman–Crippen LogP) is 2.20. The third kappa shape index (κ3) is 3.44. The van der Waals surface area contributed by atoms with Crippen LogP contribution < -0.4 is 5.73 Å². The Balaban J connectivity index is 1.98. The van der Waals surface area contributed by atoms with Gasteiger partial charge < -0.3 is 5.73 Å². The molecule has 2 aromatic rings. The topological polar surface area (TPSA) is 55.0 Å². The molecule has 2 N–H and O–H groups in total. The standard InChI is InChI=1S/C12H14N4S/c1-16(8-10-6-14-9-15-7-10)17-12-5-3-2-4-11(12)13/h2-7,9H,8,13H2,1H3. The molecular weight excluding hydrogens is 232 g/mol. The Kier molecular flexibility index (Phi) is 3.95. The molecule has 1 heterocycles. The van der Waals surface area contributed by atoms with E-state index >= 15 is 0 Å². The molecule has 4 nitrogen and oxygen atoms in total. The quantitative estimate of drug-likeness (QED) is 0.662. The Morgan fingerprint density at radius 1 is 1.24 bits per heavy atom. The number of nitrogens with zero attached hydrogens (tertiary/aromatic N) is 3. The lowest BCUT2D eigenvalue weighted by molar-refractivity contribution is 0.561. The highest BCUT2D eigenvalue weighted by Gasteiger charge is 2.05. The predicted molar refractivity (Wildman–Crippen MR) is 70.2 cm³/mol. The van der Waals surface area contributed by atoms with E-state index in [4.69, 9.17) is 5.73 Å². The van der Waals surface area contributed by atoms with Crippen LogP contribution in [-0.2, 0) is 6.54 Å². The van der Waals surface area contributed by atoms with Gasteiger partial charge in [0.2, 0.25) is 0 Å². The molecule has 1 aromatic carbocycles. The van der Waals surface area contributed by atoms with Crippen LogP contribution in [0.2, 0.25) is 0 Å². The number of rotatable bonds is 4. The zero-order valence-corrected chi connectivity index (χ0v) is 10.4. The molecule has 5 heteroatoms. The van der Waals surface area contributed by atoms with E-state index in [1.165, 1.54) is 6.33 Å². The van der Waals surface area contributed by atoms with Crippen molar-refractivity contribution in [3.8, 4) is 0 Å². The first-order chi connectivity index (χ1) is 8.25. The van der Waals surface area contributed by atoms with Gasteiger partial charge in [-0.3, -0.25) is 0 Å². The molecule has 0 amide bonds. The van der Waals surface area contributed by atoms with E-state index in [-0.39, 0.29) is 0 Å². The number of hydrogen-bond acceptors (Lipinski definition) is 5. The SMILES string of the molecule is CN(Cc1cncnc1)Sc1ccccc1N. The summed E-state index contributed by atoms with van der Waals surface area (Å²) in [5, 5.41) is 0. The smallest absolute Gasteiger partial charge is 0.115 e. The van der Waals surface area contributed by atoms with Gasteiger partial charge in [-0.15, -0.1) is 0 Å². The van der Waals surface area contributed by atoms with Crippen LogP contribution in [0.4, 0.5) is 5.69 Å². The zero-order chi connectivity index (χ0) is 12.1. The monoisotopic (exact) mass is 246 g/mol. The van der Waals surface area contributed by atoms with E-state index in [1.54, 1.807) is 11.9 Å². The lowest BCUT2D eigenvalue weighted by Crippen LogP contribution is -2.09. The number of aromatic nitrogens is 2. The van der Waals surface area contributed by atoms with E-state index in [0.717, 1.165) is 22.7 Å². The van der Waals surface area contributed by atoms with Crippen LogP contribution in [0.1, 0.15) is 5.56 Å². The minimum atomic E-state index is 0.778. The fourth-order valence-electron chi connectivity index (χ4n) is 1.43. The van der Waals surface area contributed by atoms with Crippen molar-refractivity contribution in [2.45, 2.75) is 11.4 Å². The van der Waals surface area contributed by atoms with Gasteiger partial charge in [0.15, 0.2) is 0 Å². The number of para-hydroxylation sites is 1. The molecular formula is C12H14N4S. The van der Waals surface area contributed by atoms with E-state index in [2.05, 4.69) is 14.3 Å². The Morgan fingerprint density at radius 3 is 2.65 bits per heavy atom. The molecule has 0 aliphatic carbocycles. The van der Waals surface area contributed by atoms with Gasteiger partial charge in [-0.05, 0) is 31.1 Å². The molecule has 0 fully saturated rings. The summed E-state index contributed by atoms with van der Waals surface area (Å²) in [6.07, 6.45) is 5.17. The second-order valence-corrected chi connectivity index (χ2v) is 4.91. The maximum Gasteiger partial charge on any atom is 0.115 e. The van der Waals surface area contributed by atoms with Crippen molar-refractivity contribution in [1.82, 2.24) is 14.3 Å². The molecule has 2 rings (SSSR count). The zero-order valence-electron chi connectivity index (χ0n) is 9.58. The summed E-state index contributed by atoms with van der Waals surface area (Å²) in [7, 11) is 2.02. The molecule has 1 aromatic heterocycles. The Hall–Kier alpha value is -1.59. The minimum absolute atomic E-state index is 0.778. The number of nitrogen functional groups attached to an aromatic ring is 1. The molecule has 0 spiro atoms. The Morgan fingerprint density at radius 2 is 1.94 bits per heavy atom. The first kappa shape index (κ1) is 11.9. The van der Waals surface area contributed by atoms with Crippen molar-refractivity contribution in [3.63, 3.8) is 0 Å². The maximum absolute atomic E-state index is 5.89.